The molecule has 0 saturated heterocycles. The molecule has 0 unspecified atom stereocenters. The third-order valence-electron chi connectivity index (χ3n) is 11.6. The largest absolute Gasteiger partial charge is 0.342 e. The van der Waals surface area contributed by atoms with Crippen LogP contribution in [0.5, 0.6) is 0 Å². The molecule has 3 heteroatoms. The standard InChI is InChI=1S/C55H49N3/c1-5-56-39(4)20-21-40(28-31-46-14-8-11-17-51(46)56)22-25-43-34-44(26-23-41-29-32-54-49(37-41)47-15-9-12-18-52(47)57(54)6-2)36-45(35-43)27-24-42-30-33-55-50(38-42)48-16-10-13-19-53(48)58(55)7-3/h8-30,32-38H,4-7,31H2,1-3H3/b21-20-,25-22+,26-23+,27-24+,40-28+. The lowest BCUT2D eigenvalue weighted by molar-refractivity contribution is 0.827. The normalized spacial score (nSPS) is 15.2. The molecule has 0 radical (unpaired) electrons. The first kappa shape index (κ1) is 36.8. The van der Waals surface area contributed by atoms with Crippen molar-refractivity contribution in [1.29, 1.82) is 0 Å². The van der Waals surface area contributed by atoms with Crippen LogP contribution in [-0.4, -0.2) is 15.7 Å². The van der Waals surface area contributed by atoms with Crippen molar-refractivity contribution >= 4 is 79.7 Å². The van der Waals surface area contributed by atoms with Crippen molar-refractivity contribution in [2.45, 2.75) is 40.3 Å². The molecule has 1 aliphatic rings. The number of hydrogen-bond donors (Lipinski definition) is 0. The van der Waals surface area contributed by atoms with Crippen LogP contribution >= 0.6 is 0 Å². The van der Waals surface area contributed by atoms with Gasteiger partial charge in [-0.05, 0) is 133 Å². The van der Waals surface area contributed by atoms with Gasteiger partial charge in [-0.25, -0.2) is 0 Å². The number of fused-ring (bicyclic) bond motifs is 7. The van der Waals surface area contributed by atoms with Crippen molar-refractivity contribution in [3.63, 3.8) is 0 Å². The molecule has 2 aromatic heterocycles. The fourth-order valence-electron chi connectivity index (χ4n) is 8.78. The number of benzene rings is 6. The Labute approximate surface area is 342 Å². The topological polar surface area (TPSA) is 13.1 Å². The highest BCUT2D eigenvalue weighted by molar-refractivity contribution is 6.09. The molecule has 3 heterocycles. The van der Waals surface area contributed by atoms with Gasteiger partial charge in [0.05, 0.1) is 0 Å². The Bertz CT molecular complexity index is 2860. The van der Waals surface area contributed by atoms with Gasteiger partial charge in [0, 0.05) is 74.6 Å². The van der Waals surface area contributed by atoms with Crippen LogP contribution in [0.15, 0.2) is 170 Å². The zero-order valence-electron chi connectivity index (χ0n) is 33.7. The van der Waals surface area contributed by atoms with Gasteiger partial charge in [0.2, 0.25) is 0 Å². The molecule has 0 N–H and O–H groups in total. The molecular formula is C55H49N3. The molecule has 1 aliphatic heterocycles. The van der Waals surface area contributed by atoms with E-state index in [0.29, 0.717) is 0 Å². The Balaban J connectivity index is 1.08. The fourth-order valence-corrected chi connectivity index (χ4v) is 8.78. The number of para-hydroxylation sites is 3. The zero-order valence-corrected chi connectivity index (χ0v) is 33.7. The van der Waals surface area contributed by atoms with E-state index >= 15 is 0 Å². The summed E-state index contributed by atoms with van der Waals surface area (Å²) in [6.07, 6.45) is 21.0. The predicted molar refractivity (Wildman–Crippen MR) is 253 cm³/mol. The second-order valence-electron chi connectivity index (χ2n) is 15.1. The first-order chi connectivity index (χ1) is 28.5. The number of nitrogens with zero attached hydrogens (tertiary/aromatic N) is 3. The number of rotatable bonds is 9. The highest BCUT2D eigenvalue weighted by Crippen LogP contribution is 2.32. The molecule has 284 valence electrons. The molecule has 3 nitrogen and oxygen atoms in total. The van der Waals surface area contributed by atoms with Crippen LogP contribution in [0.1, 0.15) is 54.2 Å². The minimum atomic E-state index is 0.850. The molecule has 0 saturated carbocycles. The van der Waals surface area contributed by atoms with Gasteiger partial charge in [0.15, 0.2) is 0 Å². The Morgan fingerprint density at radius 1 is 0.466 bits per heavy atom. The maximum Gasteiger partial charge on any atom is 0.0491 e. The van der Waals surface area contributed by atoms with Gasteiger partial charge in [0.1, 0.15) is 0 Å². The predicted octanol–water partition coefficient (Wildman–Crippen LogP) is 14.4. The van der Waals surface area contributed by atoms with Crippen LogP contribution in [0.3, 0.4) is 0 Å². The smallest absolute Gasteiger partial charge is 0.0491 e. The third kappa shape index (κ3) is 7.05. The Kier molecular flexibility index (Phi) is 10.1. The number of allylic oxidation sites excluding steroid dienone is 5. The van der Waals surface area contributed by atoms with E-state index in [-0.39, 0.29) is 0 Å². The summed E-state index contributed by atoms with van der Waals surface area (Å²) < 4.78 is 4.81. The van der Waals surface area contributed by atoms with Gasteiger partial charge >= 0.3 is 0 Å². The molecule has 0 aliphatic carbocycles. The van der Waals surface area contributed by atoms with E-state index in [2.05, 4.69) is 223 Å². The van der Waals surface area contributed by atoms with Crippen LogP contribution in [0.2, 0.25) is 0 Å². The minimum Gasteiger partial charge on any atom is -0.342 e. The Morgan fingerprint density at radius 2 is 0.948 bits per heavy atom. The van der Waals surface area contributed by atoms with Crippen molar-refractivity contribution < 1.29 is 0 Å². The van der Waals surface area contributed by atoms with Crippen LogP contribution < -0.4 is 4.90 Å². The average Bonchev–Trinajstić information content (AvgIpc) is 3.78. The summed E-state index contributed by atoms with van der Waals surface area (Å²) in [6.45, 7) is 13.8. The van der Waals surface area contributed by atoms with E-state index in [9.17, 15) is 0 Å². The number of hydrogen-bond acceptors (Lipinski definition) is 1. The summed E-state index contributed by atoms with van der Waals surface area (Å²) in [6, 6.07) is 46.7. The van der Waals surface area contributed by atoms with Gasteiger partial charge in [-0.3, -0.25) is 0 Å². The van der Waals surface area contributed by atoms with E-state index in [4.69, 9.17) is 0 Å². The molecule has 0 amide bonds. The molecule has 0 atom stereocenters. The number of likely N-dealkylation sites (N-methyl/N-ethyl adjacent to an activating group) is 1. The summed E-state index contributed by atoms with van der Waals surface area (Å²) in [4.78, 5) is 2.29. The van der Waals surface area contributed by atoms with Gasteiger partial charge in [-0.2, -0.15) is 0 Å². The lowest BCUT2D eigenvalue weighted by Crippen LogP contribution is -2.21. The first-order valence-corrected chi connectivity index (χ1v) is 20.6. The Hall–Kier alpha value is -6.84. The second-order valence-corrected chi connectivity index (χ2v) is 15.1. The molecule has 8 aromatic rings. The molecular weight excluding hydrogens is 703 g/mol. The van der Waals surface area contributed by atoms with Gasteiger partial charge in [-0.1, -0.05) is 122 Å². The summed E-state index contributed by atoms with van der Waals surface area (Å²) in [5.74, 6) is 0. The molecule has 58 heavy (non-hydrogen) atoms. The van der Waals surface area contributed by atoms with Crippen LogP contribution in [0, 0.1) is 0 Å². The number of aromatic nitrogens is 2. The van der Waals surface area contributed by atoms with E-state index in [1.807, 2.05) is 0 Å². The minimum absolute atomic E-state index is 0.850. The second kappa shape index (κ2) is 16.0. The maximum absolute atomic E-state index is 4.42. The fraction of sp³-hybridized carbons (Fsp3) is 0.127. The molecule has 6 aromatic carbocycles. The monoisotopic (exact) mass is 751 g/mol. The van der Waals surface area contributed by atoms with Crippen LogP contribution in [-0.2, 0) is 19.5 Å². The highest BCUT2D eigenvalue weighted by Gasteiger charge is 2.13. The lowest BCUT2D eigenvalue weighted by Gasteiger charge is -2.25. The molecule has 0 fully saturated rings. The maximum atomic E-state index is 4.42. The lowest BCUT2D eigenvalue weighted by atomic mass is 10.0. The molecule has 0 spiro atoms. The third-order valence-corrected chi connectivity index (χ3v) is 11.6. The van der Waals surface area contributed by atoms with Crippen molar-refractivity contribution in [2.75, 3.05) is 11.4 Å². The van der Waals surface area contributed by atoms with E-state index in [0.717, 1.165) is 54.0 Å². The van der Waals surface area contributed by atoms with Gasteiger partial charge < -0.3 is 14.0 Å². The van der Waals surface area contributed by atoms with Crippen molar-refractivity contribution in [3.8, 4) is 0 Å². The van der Waals surface area contributed by atoms with Crippen molar-refractivity contribution in [2.24, 2.45) is 0 Å². The van der Waals surface area contributed by atoms with E-state index in [1.54, 1.807) is 0 Å². The van der Waals surface area contributed by atoms with Gasteiger partial charge in [-0.15, -0.1) is 0 Å². The number of aryl methyl sites for hydroxylation is 2. The quantitative estimate of drug-likeness (QED) is 0.134. The van der Waals surface area contributed by atoms with E-state index < -0.39 is 0 Å². The summed E-state index contributed by atoms with van der Waals surface area (Å²) in [5, 5.41) is 5.19. The summed E-state index contributed by atoms with van der Waals surface area (Å²) in [5.41, 5.74) is 15.6. The average molecular weight is 752 g/mol. The van der Waals surface area contributed by atoms with Crippen molar-refractivity contribution in [1.82, 2.24) is 9.13 Å². The number of anilines is 1. The van der Waals surface area contributed by atoms with Crippen LogP contribution in [0.4, 0.5) is 5.69 Å². The highest BCUT2D eigenvalue weighted by atomic mass is 15.1. The summed E-state index contributed by atoms with van der Waals surface area (Å²) >= 11 is 0. The summed E-state index contributed by atoms with van der Waals surface area (Å²) in [7, 11) is 0. The Morgan fingerprint density at radius 3 is 1.50 bits per heavy atom. The molecule has 9 rings (SSSR count). The SMILES string of the molecule is C=C1\C=C/C(/C=C/c2cc(/C=C/c3ccc4c(c3)c3ccccc3n4CC)cc(/C=C/c3ccc4c(c3)c3ccccc3n4CC)c2)=C\Cc2ccccc2N1CC. The van der Waals surface area contributed by atoms with Gasteiger partial charge in [0.25, 0.3) is 0 Å². The van der Waals surface area contributed by atoms with Crippen molar-refractivity contribution in [3.05, 3.63) is 203 Å². The zero-order chi connectivity index (χ0) is 39.6. The van der Waals surface area contributed by atoms with E-state index in [1.165, 1.54) is 66.0 Å². The molecule has 0 bridgehead atoms. The van der Waals surface area contributed by atoms with Crippen LogP contribution in [0.25, 0.3) is 74.0 Å². The first-order valence-electron chi connectivity index (χ1n) is 20.6.